The van der Waals surface area contributed by atoms with Crippen molar-refractivity contribution in [2.75, 3.05) is 24.0 Å². The van der Waals surface area contributed by atoms with Gasteiger partial charge in [-0.05, 0) is 73.9 Å². The fourth-order valence-electron chi connectivity index (χ4n) is 3.99. The lowest BCUT2D eigenvalue weighted by atomic mass is 10.1. The molecule has 0 saturated carbocycles. The molecule has 11 heteroatoms. The van der Waals surface area contributed by atoms with Crippen LogP contribution in [0.25, 0.3) is 0 Å². The second-order valence-electron chi connectivity index (χ2n) is 9.82. The van der Waals surface area contributed by atoms with Crippen molar-refractivity contribution in [3.05, 3.63) is 88.4 Å². The SMILES string of the molecule is CCOc1ccc(S(=O)(=O)N(CC(=O)N(Cc2ccc(Cl)cc2Cl)C(C)C(=O)NCC(C)C)c2ccccc2)cc1. The number of ether oxygens (including phenoxy) is 1. The molecule has 0 spiro atoms. The van der Waals surface area contributed by atoms with Gasteiger partial charge in [0.25, 0.3) is 10.0 Å². The van der Waals surface area contributed by atoms with Crippen LogP contribution in [-0.4, -0.2) is 50.9 Å². The first-order valence-electron chi connectivity index (χ1n) is 13.3. The quantitative estimate of drug-likeness (QED) is 0.262. The summed E-state index contributed by atoms with van der Waals surface area (Å²) in [5.41, 5.74) is 0.865. The summed E-state index contributed by atoms with van der Waals surface area (Å²) in [7, 11) is -4.18. The van der Waals surface area contributed by atoms with Crippen molar-refractivity contribution in [1.82, 2.24) is 10.2 Å². The second-order valence-corrected chi connectivity index (χ2v) is 12.5. The van der Waals surface area contributed by atoms with E-state index in [1.165, 1.54) is 17.0 Å². The van der Waals surface area contributed by atoms with Gasteiger partial charge in [0.05, 0.1) is 17.2 Å². The summed E-state index contributed by atoms with van der Waals surface area (Å²) < 4.78 is 34.3. The zero-order chi connectivity index (χ0) is 30.2. The highest BCUT2D eigenvalue weighted by molar-refractivity contribution is 7.92. The molecule has 220 valence electrons. The van der Waals surface area contributed by atoms with E-state index in [0.29, 0.717) is 40.2 Å². The van der Waals surface area contributed by atoms with Gasteiger partial charge in [0.15, 0.2) is 0 Å². The van der Waals surface area contributed by atoms with Gasteiger partial charge in [-0.15, -0.1) is 0 Å². The molecule has 1 N–H and O–H groups in total. The summed E-state index contributed by atoms with van der Waals surface area (Å²) in [6, 6.07) is 18.3. The van der Waals surface area contributed by atoms with Gasteiger partial charge in [-0.3, -0.25) is 13.9 Å². The Hall–Kier alpha value is -3.27. The highest BCUT2D eigenvalue weighted by Gasteiger charge is 2.32. The number of rotatable bonds is 13. The smallest absolute Gasteiger partial charge is 0.264 e. The predicted octanol–water partition coefficient (Wildman–Crippen LogP) is 5.78. The molecule has 2 amide bonds. The summed E-state index contributed by atoms with van der Waals surface area (Å²) in [6.45, 7) is 7.65. The largest absolute Gasteiger partial charge is 0.494 e. The molecule has 0 aliphatic rings. The number of amides is 2. The number of carbonyl (C=O) groups is 2. The third-order valence-corrected chi connectivity index (χ3v) is 8.63. The van der Waals surface area contributed by atoms with Crippen LogP contribution >= 0.6 is 23.2 Å². The summed E-state index contributed by atoms with van der Waals surface area (Å²) in [6.07, 6.45) is 0. The third-order valence-electron chi connectivity index (χ3n) is 6.25. The Morgan fingerprint density at radius 1 is 0.951 bits per heavy atom. The van der Waals surface area contributed by atoms with Crippen molar-refractivity contribution in [2.45, 2.75) is 45.2 Å². The Balaban J connectivity index is 2.00. The van der Waals surface area contributed by atoms with Crippen molar-refractivity contribution in [3.8, 4) is 5.75 Å². The minimum atomic E-state index is -4.18. The summed E-state index contributed by atoms with van der Waals surface area (Å²) in [5.74, 6) is -0.214. The molecule has 0 aliphatic heterocycles. The molecule has 0 saturated heterocycles. The number of benzene rings is 3. The van der Waals surface area contributed by atoms with E-state index in [4.69, 9.17) is 27.9 Å². The van der Waals surface area contributed by atoms with Gasteiger partial charge in [0.2, 0.25) is 11.8 Å². The molecule has 8 nitrogen and oxygen atoms in total. The van der Waals surface area contributed by atoms with Crippen LogP contribution in [-0.2, 0) is 26.2 Å². The van der Waals surface area contributed by atoms with E-state index in [2.05, 4.69) is 5.32 Å². The first kappa shape index (κ1) is 32.2. The molecule has 0 bridgehead atoms. The number of halogens is 2. The Bertz CT molecular complexity index is 1430. The molecule has 0 aliphatic carbocycles. The number of anilines is 1. The molecule has 3 aromatic carbocycles. The van der Waals surface area contributed by atoms with Crippen LogP contribution in [0.4, 0.5) is 5.69 Å². The fraction of sp³-hybridized carbons (Fsp3) is 0.333. The zero-order valence-electron chi connectivity index (χ0n) is 23.5. The molecule has 0 fully saturated rings. The lowest BCUT2D eigenvalue weighted by Gasteiger charge is -2.32. The first-order chi connectivity index (χ1) is 19.4. The molecule has 1 unspecified atom stereocenters. The molecule has 1 atom stereocenters. The summed E-state index contributed by atoms with van der Waals surface area (Å²) >= 11 is 12.5. The topological polar surface area (TPSA) is 96.0 Å². The maximum absolute atomic E-state index is 14.0. The molecule has 41 heavy (non-hydrogen) atoms. The number of para-hydroxylation sites is 1. The van der Waals surface area contributed by atoms with E-state index in [0.717, 1.165) is 4.31 Å². The Morgan fingerprint density at radius 3 is 2.20 bits per heavy atom. The fourth-order valence-corrected chi connectivity index (χ4v) is 5.88. The number of hydrogen-bond acceptors (Lipinski definition) is 5. The molecular weight excluding hydrogens is 585 g/mol. The van der Waals surface area contributed by atoms with Gasteiger partial charge in [-0.25, -0.2) is 8.42 Å². The highest BCUT2D eigenvalue weighted by Crippen LogP contribution is 2.27. The third kappa shape index (κ3) is 8.61. The monoisotopic (exact) mass is 619 g/mol. The maximum Gasteiger partial charge on any atom is 0.264 e. The van der Waals surface area contributed by atoms with Crippen molar-refractivity contribution in [2.24, 2.45) is 5.92 Å². The predicted molar refractivity (Wildman–Crippen MR) is 163 cm³/mol. The van der Waals surface area contributed by atoms with E-state index < -0.39 is 28.5 Å². The van der Waals surface area contributed by atoms with E-state index in [9.17, 15) is 18.0 Å². The van der Waals surface area contributed by atoms with Gasteiger partial charge in [0.1, 0.15) is 18.3 Å². The number of sulfonamides is 1. The standard InChI is InChI=1S/C30H35Cl2N3O5S/c1-5-40-26-13-15-27(16-14-26)41(38,39)35(25-9-7-6-8-10-25)20-29(36)34(22(4)30(37)33-18-21(2)3)19-23-11-12-24(31)17-28(23)32/h6-17,21-22H,5,18-20H2,1-4H3,(H,33,37). The van der Waals surface area contributed by atoms with E-state index in [1.54, 1.807) is 67.6 Å². The van der Waals surface area contributed by atoms with Crippen LogP contribution in [0.15, 0.2) is 77.7 Å². The highest BCUT2D eigenvalue weighted by atomic mass is 35.5. The number of nitrogens with one attached hydrogen (secondary N) is 1. The molecule has 3 aromatic rings. The summed E-state index contributed by atoms with van der Waals surface area (Å²) in [4.78, 5) is 28.4. The molecule has 0 radical (unpaired) electrons. The first-order valence-corrected chi connectivity index (χ1v) is 15.4. The van der Waals surface area contributed by atoms with Crippen molar-refractivity contribution in [3.63, 3.8) is 0 Å². The molecule has 0 heterocycles. The van der Waals surface area contributed by atoms with Gasteiger partial charge in [-0.2, -0.15) is 0 Å². The molecule has 3 rings (SSSR count). The van der Waals surface area contributed by atoms with Crippen molar-refractivity contribution in [1.29, 1.82) is 0 Å². The number of hydrogen-bond donors (Lipinski definition) is 1. The van der Waals surface area contributed by atoms with Crippen molar-refractivity contribution >= 4 is 50.7 Å². The van der Waals surface area contributed by atoms with Crippen LogP contribution in [0.2, 0.25) is 10.0 Å². The Morgan fingerprint density at radius 2 is 1.61 bits per heavy atom. The molecule has 0 aromatic heterocycles. The van der Waals surface area contributed by atoms with E-state index >= 15 is 0 Å². The van der Waals surface area contributed by atoms with Gasteiger partial charge >= 0.3 is 0 Å². The normalized spacial score (nSPS) is 12.1. The summed E-state index contributed by atoms with van der Waals surface area (Å²) in [5, 5.41) is 3.61. The van der Waals surface area contributed by atoms with Gasteiger partial charge in [-0.1, -0.05) is 61.3 Å². The Kier molecular flexibility index (Phi) is 11.5. The lowest BCUT2D eigenvalue weighted by molar-refractivity contribution is -0.139. The minimum absolute atomic E-state index is 0.00683. The maximum atomic E-state index is 14.0. The van der Waals surface area contributed by atoms with E-state index in [-0.39, 0.29) is 23.3 Å². The van der Waals surface area contributed by atoms with Crippen LogP contribution < -0.4 is 14.4 Å². The van der Waals surface area contributed by atoms with Crippen LogP contribution in [0.3, 0.4) is 0 Å². The number of carbonyl (C=O) groups excluding carboxylic acids is 2. The van der Waals surface area contributed by atoms with Crippen molar-refractivity contribution < 1.29 is 22.7 Å². The zero-order valence-corrected chi connectivity index (χ0v) is 25.8. The average molecular weight is 621 g/mol. The van der Waals surface area contributed by atoms with E-state index in [1.807, 2.05) is 20.8 Å². The number of nitrogens with zero attached hydrogens (tertiary/aromatic N) is 2. The van der Waals surface area contributed by atoms with Gasteiger partial charge in [0, 0.05) is 23.1 Å². The Labute approximate surface area is 252 Å². The second kappa shape index (κ2) is 14.6. The van der Waals surface area contributed by atoms with Crippen LogP contribution in [0.5, 0.6) is 5.75 Å². The lowest BCUT2D eigenvalue weighted by Crippen LogP contribution is -2.51. The van der Waals surface area contributed by atoms with Crippen LogP contribution in [0.1, 0.15) is 33.3 Å². The minimum Gasteiger partial charge on any atom is -0.494 e. The molecular formula is C30H35Cl2N3O5S. The average Bonchev–Trinajstić information content (AvgIpc) is 2.94. The van der Waals surface area contributed by atoms with Gasteiger partial charge < -0.3 is 15.0 Å². The van der Waals surface area contributed by atoms with Crippen LogP contribution in [0, 0.1) is 5.92 Å².